The van der Waals surface area contributed by atoms with Gasteiger partial charge in [-0.3, -0.25) is 9.69 Å². The second-order valence-electron chi connectivity index (χ2n) is 6.21. The Morgan fingerprint density at radius 1 is 1.24 bits per heavy atom. The Hall–Kier alpha value is -1.91. The standard InChI is InChI=1S/C16H21FN2O2/c1-11(2)8-9-16(3)14(20)19(15(21)18-16)10-12-4-6-13(17)7-5-12/h4-7,11H,8-10H2,1-3H3,(H,18,21)/t16-/m1/s1. The molecule has 0 bridgehead atoms. The Balaban J connectivity index is 2.09. The molecule has 0 saturated carbocycles. The summed E-state index contributed by atoms with van der Waals surface area (Å²) in [4.78, 5) is 25.7. The molecule has 1 heterocycles. The maximum atomic E-state index is 12.9. The summed E-state index contributed by atoms with van der Waals surface area (Å²) in [6.45, 7) is 6.10. The number of rotatable bonds is 5. The van der Waals surface area contributed by atoms with Crippen molar-refractivity contribution in [3.05, 3.63) is 35.6 Å². The van der Waals surface area contributed by atoms with Crippen LogP contribution in [0.1, 0.15) is 39.2 Å². The molecule has 21 heavy (non-hydrogen) atoms. The molecular formula is C16H21FN2O2. The minimum Gasteiger partial charge on any atom is -0.323 e. The Labute approximate surface area is 124 Å². The average Bonchev–Trinajstić information content (AvgIpc) is 2.63. The van der Waals surface area contributed by atoms with Crippen molar-refractivity contribution in [2.24, 2.45) is 5.92 Å². The first-order valence-corrected chi connectivity index (χ1v) is 7.20. The fraction of sp³-hybridized carbons (Fsp3) is 0.500. The van der Waals surface area contributed by atoms with Crippen molar-refractivity contribution in [3.8, 4) is 0 Å². The van der Waals surface area contributed by atoms with Crippen molar-refractivity contribution >= 4 is 11.9 Å². The van der Waals surface area contributed by atoms with Crippen LogP contribution in [0.5, 0.6) is 0 Å². The fourth-order valence-electron chi connectivity index (χ4n) is 2.41. The molecule has 0 radical (unpaired) electrons. The van der Waals surface area contributed by atoms with E-state index in [1.807, 2.05) is 0 Å². The van der Waals surface area contributed by atoms with Crippen LogP contribution >= 0.6 is 0 Å². The summed E-state index contributed by atoms with van der Waals surface area (Å²) in [7, 11) is 0. The van der Waals surface area contributed by atoms with Gasteiger partial charge in [0.1, 0.15) is 11.4 Å². The van der Waals surface area contributed by atoms with Crippen LogP contribution in [0.25, 0.3) is 0 Å². The number of carbonyl (C=O) groups excluding carboxylic acids is 2. The van der Waals surface area contributed by atoms with Gasteiger partial charge in [0.05, 0.1) is 6.54 Å². The first-order chi connectivity index (χ1) is 9.82. The van der Waals surface area contributed by atoms with Crippen LogP contribution in [0, 0.1) is 11.7 Å². The van der Waals surface area contributed by atoms with Crippen molar-refractivity contribution in [3.63, 3.8) is 0 Å². The molecule has 1 fully saturated rings. The normalized spacial score (nSPS) is 22.0. The van der Waals surface area contributed by atoms with E-state index in [1.165, 1.54) is 17.0 Å². The molecule has 3 amide bonds. The van der Waals surface area contributed by atoms with Crippen LogP contribution in [0.2, 0.25) is 0 Å². The number of imide groups is 1. The Kier molecular flexibility index (Phi) is 4.30. The third-order valence-corrected chi connectivity index (χ3v) is 3.82. The van der Waals surface area contributed by atoms with Crippen LogP contribution in [0.3, 0.4) is 0 Å². The number of hydrogen-bond acceptors (Lipinski definition) is 2. The third kappa shape index (κ3) is 3.40. The van der Waals surface area contributed by atoms with Crippen LogP contribution in [0.15, 0.2) is 24.3 Å². The van der Waals surface area contributed by atoms with Crippen molar-refractivity contribution in [2.45, 2.75) is 45.7 Å². The van der Waals surface area contributed by atoms with Crippen molar-refractivity contribution < 1.29 is 14.0 Å². The van der Waals surface area contributed by atoms with E-state index in [0.717, 1.165) is 12.0 Å². The highest BCUT2D eigenvalue weighted by Crippen LogP contribution is 2.26. The summed E-state index contributed by atoms with van der Waals surface area (Å²) in [5, 5.41) is 2.78. The summed E-state index contributed by atoms with van der Waals surface area (Å²) in [5.74, 6) is -0.0760. The predicted molar refractivity (Wildman–Crippen MR) is 78.0 cm³/mol. The molecule has 5 heteroatoms. The summed E-state index contributed by atoms with van der Waals surface area (Å²) < 4.78 is 12.9. The molecule has 0 aromatic heterocycles. The van der Waals surface area contributed by atoms with Gasteiger partial charge in [-0.2, -0.15) is 0 Å². The molecule has 0 spiro atoms. The second-order valence-corrected chi connectivity index (χ2v) is 6.21. The van der Waals surface area contributed by atoms with Gasteiger partial charge in [-0.25, -0.2) is 9.18 Å². The number of benzene rings is 1. The van der Waals surface area contributed by atoms with Gasteiger partial charge in [-0.15, -0.1) is 0 Å². The van der Waals surface area contributed by atoms with Gasteiger partial charge < -0.3 is 5.32 Å². The largest absolute Gasteiger partial charge is 0.325 e. The van der Waals surface area contributed by atoms with Gasteiger partial charge in [-0.1, -0.05) is 26.0 Å². The minimum atomic E-state index is -0.832. The molecule has 0 unspecified atom stereocenters. The second kappa shape index (κ2) is 5.84. The quantitative estimate of drug-likeness (QED) is 0.848. The molecule has 1 saturated heterocycles. The summed E-state index contributed by atoms with van der Waals surface area (Å²) in [5.41, 5.74) is -0.102. The van der Waals surface area contributed by atoms with Crippen LogP contribution < -0.4 is 5.32 Å². The molecule has 4 nitrogen and oxygen atoms in total. The highest BCUT2D eigenvalue weighted by Gasteiger charge is 2.47. The Morgan fingerprint density at radius 3 is 2.43 bits per heavy atom. The molecule has 1 N–H and O–H groups in total. The molecule has 1 atom stereocenters. The molecule has 1 aromatic carbocycles. The van der Waals surface area contributed by atoms with Crippen molar-refractivity contribution in [2.75, 3.05) is 0 Å². The molecule has 2 rings (SSSR count). The maximum absolute atomic E-state index is 12.9. The van der Waals surface area contributed by atoms with E-state index in [0.29, 0.717) is 12.3 Å². The van der Waals surface area contributed by atoms with Crippen LogP contribution in [-0.2, 0) is 11.3 Å². The monoisotopic (exact) mass is 292 g/mol. The lowest BCUT2D eigenvalue weighted by Gasteiger charge is -2.22. The average molecular weight is 292 g/mol. The van der Waals surface area contributed by atoms with Gasteiger partial charge >= 0.3 is 6.03 Å². The number of amides is 3. The van der Waals surface area contributed by atoms with Crippen molar-refractivity contribution in [1.82, 2.24) is 10.2 Å². The van der Waals surface area contributed by atoms with Gasteiger partial charge in [0.2, 0.25) is 0 Å². The highest BCUT2D eigenvalue weighted by molar-refractivity contribution is 6.06. The third-order valence-electron chi connectivity index (χ3n) is 3.82. The number of urea groups is 1. The van der Waals surface area contributed by atoms with Crippen LogP contribution in [0.4, 0.5) is 9.18 Å². The molecule has 0 aliphatic carbocycles. The smallest absolute Gasteiger partial charge is 0.323 e. The van der Waals surface area contributed by atoms with E-state index in [1.54, 1.807) is 19.1 Å². The van der Waals surface area contributed by atoms with E-state index >= 15 is 0 Å². The number of halogens is 1. The zero-order valence-electron chi connectivity index (χ0n) is 12.6. The maximum Gasteiger partial charge on any atom is 0.325 e. The summed E-state index contributed by atoms with van der Waals surface area (Å²) >= 11 is 0. The van der Waals surface area contributed by atoms with E-state index in [4.69, 9.17) is 0 Å². The zero-order valence-corrected chi connectivity index (χ0v) is 12.6. The highest BCUT2D eigenvalue weighted by atomic mass is 19.1. The van der Waals surface area contributed by atoms with E-state index in [2.05, 4.69) is 19.2 Å². The zero-order chi connectivity index (χ0) is 15.6. The molecule has 114 valence electrons. The fourth-order valence-corrected chi connectivity index (χ4v) is 2.41. The van der Waals surface area contributed by atoms with Gasteiger partial charge in [0.25, 0.3) is 5.91 Å². The molecule has 1 aliphatic heterocycles. The van der Waals surface area contributed by atoms with Crippen LogP contribution in [-0.4, -0.2) is 22.4 Å². The first-order valence-electron chi connectivity index (χ1n) is 7.20. The summed E-state index contributed by atoms with van der Waals surface area (Å²) in [6, 6.07) is 5.44. The topological polar surface area (TPSA) is 49.4 Å². The molecular weight excluding hydrogens is 271 g/mol. The van der Waals surface area contributed by atoms with Gasteiger partial charge in [-0.05, 0) is 43.4 Å². The Morgan fingerprint density at radius 2 is 1.86 bits per heavy atom. The van der Waals surface area contributed by atoms with E-state index in [9.17, 15) is 14.0 Å². The number of nitrogens with zero attached hydrogens (tertiary/aromatic N) is 1. The Bertz CT molecular complexity index is 542. The lowest BCUT2D eigenvalue weighted by atomic mass is 9.92. The van der Waals surface area contributed by atoms with Gasteiger partial charge in [0.15, 0.2) is 0 Å². The number of nitrogens with one attached hydrogen (secondary N) is 1. The summed E-state index contributed by atoms with van der Waals surface area (Å²) in [6.07, 6.45) is 1.49. The lowest BCUT2D eigenvalue weighted by Crippen LogP contribution is -2.44. The molecule has 1 aliphatic rings. The first kappa shape index (κ1) is 15.5. The van der Waals surface area contributed by atoms with Crippen molar-refractivity contribution in [1.29, 1.82) is 0 Å². The van der Waals surface area contributed by atoms with E-state index in [-0.39, 0.29) is 24.3 Å². The molecule has 1 aromatic rings. The SMILES string of the molecule is CC(C)CC[C@@]1(C)NC(=O)N(Cc2ccc(F)cc2)C1=O. The minimum absolute atomic E-state index is 0.169. The predicted octanol–water partition coefficient (Wildman–Crippen LogP) is 3.07. The van der Waals surface area contributed by atoms with Gasteiger partial charge in [0, 0.05) is 0 Å². The van der Waals surface area contributed by atoms with E-state index < -0.39 is 5.54 Å². The lowest BCUT2D eigenvalue weighted by molar-refractivity contribution is -0.131. The number of hydrogen-bond donors (Lipinski definition) is 1. The number of carbonyl (C=O) groups is 2.